The van der Waals surface area contributed by atoms with E-state index in [0.29, 0.717) is 12.1 Å². The van der Waals surface area contributed by atoms with Crippen molar-refractivity contribution >= 4 is 11.9 Å². The number of urea groups is 1. The zero-order valence-electron chi connectivity index (χ0n) is 19.6. The van der Waals surface area contributed by atoms with Crippen LogP contribution in [0.15, 0.2) is 90.3 Å². The summed E-state index contributed by atoms with van der Waals surface area (Å²) in [6, 6.07) is 15.1. The Hall–Kier alpha value is -4.99. The number of amides is 3. The molecule has 0 spiro atoms. The molecule has 0 heterocycles. The summed E-state index contributed by atoms with van der Waals surface area (Å²) >= 11 is 0. The summed E-state index contributed by atoms with van der Waals surface area (Å²) in [5, 5.41) is 13.7. The van der Waals surface area contributed by atoms with Gasteiger partial charge in [-0.1, -0.05) is 30.3 Å². The number of alkyl halides is 6. The van der Waals surface area contributed by atoms with Crippen LogP contribution in [0.5, 0.6) is 11.5 Å². The first-order valence-corrected chi connectivity index (χ1v) is 10.8. The minimum Gasteiger partial charge on any atom is -0.487 e. The molecule has 0 atom stereocenters. The number of halogens is 6. The maximum absolute atomic E-state index is 13.1. The number of hydrogen-bond donors (Lipinski definition) is 2. The minimum atomic E-state index is -4.72. The van der Waals surface area contributed by atoms with Crippen molar-refractivity contribution in [3.63, 3.8) is 0 Å². The topological polar surface area (TPSA) is 100 Å². The Morgan fingerprint density at radius 1 is 0.769 bits per heavy atom. The Balaban J connectivity index is 1.89. The smallest absolute Gasteiger partial charge is 0.416 e. The van der Waals surface area contributed by atoms with E-state index in [1.165, 1.54) is 30.3 Å². The number of rotatable bonds is 7. The monoisotopic (exact) mass is 549 g/mol. The van der Waals surface area contributed by atoms with E-state index in [1.54, 1.807) is 12.1 Å². The molecule has 0 aliphatic rings. The molecule has 0 radical (unpaired) electrons. The van der Waals surface area contributed by atoms with Crippen LogP contribution in [0.1, 0.15) is 21.5 Å². The van der Waals surface area contributed by atoms with Gasteiger partial charge in [0.2, 0.25) is 5.76 Å². The summed E-state index contributed by atoms with van der Waals surface area (Å²) in [4.78, 5) is 24.8. The van der Waals surface area contributed by atoms with Crippen LogP contribution in [0, 0.1) is 11.3 Å². The van der Waals surface area contributed by atoms with Crippen molar-refractivity contribution < 1.29 is 45.4 Å². The van der Waals surface area contributed by atoms with Crippen LogP contribution in [0.2, 0.25) is 0 Å². The second-order valence-corrected chi connectivity index (χ2v) is 7.64. The summed E-state index contributed by atoms with van der Waals surface area (Å²) < 4.78 is 88.9. The Bertz CT molecular complexity index is 1410. The van der Waals surface area contributed by atoms with Gasteiger partial charge in [0.25, 0.3) is 5.91 Å². The molecular formula is C26H17F6N3O4. The first-order valence-electron chi connectivity index (χ1n) is 10.8. The van der Waals surface area contributed by atoms with Crippen LogP contribution >= 0.6 is 0 Å². The van der Waals surface area contributed by atoms with Gasteiger partial charge in [0, 0.05) is 5.56 Å². The Kier molecular flexibility index (Phi) is 8.82. The second-order valence-electron chi connectivity index (χ2n) is 7.64. The number of nitrogens with one attached hydrogen (secondary N) is 2. The van der Waals surface area contributed by atoms with E-state index in [0.717, 1.165) is 30.3 Å². The van der Waals surface area contributed by atoms with Gasteiger partial charge in [-0.3, -0.25) is 10.1 Å². The zero-order valence-corrected chi connectivity index (χ0v) is 19.6. The quantitative estimate of drug-likeness (QED) is 0.212. The number of nitriles is 1. The highest BCUT2D eigenvalue weighted by Crippen LogP contribution is 2.33. The molecule has 0 aromatic heterocycles. The molecule has 3 aromatic rings. The van der Waals surface area contributed by atoms with E-state index in [4.69, 9.17) is 9.47 Å². The Labute approximate surface area is 217 Å². The molecule has 3 aromatic carbocycles. The third-order valence-corrected chi connectivity index (χ3v) is 4.83. The molecule has 0 aliphatic carbocycles. The van der Waals surface area contributed by atoms with Crippen LogP contribution in [-0.2, 0) is 12.4 Å². The van der Waals surface area contributed by atoms with E-state index in [2.05, 4.69) is 5.32 Å². The van der Waals surface area contributed by atoms with E-state index >= 15 is 0 Å². The van der Waals surface area contributed by atoms with Crippen molar-refractivity contribution in [2.24, 2.45) is 0 Å². The molecular weight excluding hydrogens is 532 g/mol. The van der Waals surface area contributed by atoms with Crippen LogP contribution in [0.3, 0.4) is 0 Å². The summed E-state index contributed by atoms with van der Waals surface area (Å²) in [5.41, 5.74) is -2.51. The lowest BCUT2D eigenvalue weighted by molar-refractivity contribution is -0.138. The third-order valence-electron chi connectivity index (χ3n) is 4.83. The number of carbonyl (C=O) groups is 2. The first-order chi connectivity index (χ1) is 18.4. The molecule has 13 heteroatoms. The molecule has 0 aliphatic heterocycles. The lowest BCUT2D eigenvalue weighted by atomic mass is 10.2. The first kappa shape index (κ1) is 28.6. The number of allylic oxidation sites excluding steroid dienone is 1. The summed E-state index contributed by atoms with van der Waals surface area (Å²) in [6.45, 7) is -0.768. The number of hydrogen-bond acceptors (Lipinski definition) is 5. The number of carbonyl (C=O) groups excluding carboxylic acids is 2. The van der Waals surface area contributed by atoms with E-state index in [1.807, 2.05) is 5.32 Å². The highest BCUT2D eigenvalue weighted by atomic mass is 19.4. The summed E-state index contributed by atoms with van der Waals surface area (Å²) in [5.74, 6) is -2.31. The van der Waals surface area contributed by atoms with Gasteiger partial charge in [-0.05, 0) is 48.5 Å². The van der Waals surface area contributed by atoms with Gasteiger partial charge in [-0.2, -0.15) is 31.6 Å². The number of nitrogens with zero attached hydrogens (tertiary/aromatic N) is 1. The molecule has 0 fully saturated rings. The average molecular weight is 549 g/mol. The SMILES string of the molecule is N#C/C(Oc1cccc(C(F)(F)F)c1)=C(\COc1cccc(C(F)(F)F)c1)NC(=O)NC(=O)c1ccccc1. The van der Waals surface area contributed by atoms with Gasteiger partial charge in [0.1, 0.15) is 29.9 Å². The third kappa shape index (κ3) is 8.26. The predicted octanol–water partition coefficient (Wildman–Crippen LogP) is 6.06. The predicted molar refractivity (Wildman–Crippen MR) is 124 cm³/mol. The molecule has 3 rings (SSSR count). The molecule has 0 unspecified atom stereocenters. The molecule has 0 saturated heterocycles. The van der Waals surface area contributed by atoms with Gasteiger partial charge in [0.15, 0.2) is 0 Å². The van der Waals surface area contributed by atoms with Crippen LogP contribution < -0.4 is 20.1 Å². The molecule has 0 bridgehead atoms. The maximum atomic E-state index is 13.1. The highest BCUT2D eigenvalue weighted by Gasteiger charge is 2.31. The Morgan fingerprint density at radius 3 is 1.90 bits per heavy atom. The van der Waals surface area contributed by atoms with Crippen molar-refractivity contribution in [3.05, 3.63) is 107 Å². The number of benzene rings is 3. The van der Waals surface area contributed by atoms with Crippen molar-refractivity contribution in [1.29, 1.82) is 5.26 Å². The van der Waals surface area contributed by atoms with E-state index in [9.17, 15) is 41.2 Å². The highest BCUT2D eigenvalue weighted by molar-refractivity contribution is 6.04. The fourth-order valence-electron chi connectivity index (χ4n) is 3.01. The van der Waals surface area contributed by atoms with Gasteiger partial charge in [0.05, 0.1) is 11.1 Å². The van der Waals surface area contributed by atoms with Gasteiger partial charge in [-0.15, -0.1) is 0 Å². The Morgan fingerprint density at radius 2 is 1.33 bits per heavy atom. The summed E-state index contributed by atoms with van der Waals surface area (Å²) in [6.07, 6.45) is -9.40. The molecule has 39 heavy (non-hydrogen) atoms. The van der Waals surface area contributed by atoms with Crippen molar-refractivity contribution in [2.75, 3.05) is 6.61 Å². The van der Waals surface area contributed by atoms with Crippen molar-refractivity contribution in [2.45, 2.75) is 12.4 Å². The van der Waals surface area contributed by atoms with Gasteiger partial charge in [-0.25, -0.2) is 4.79 Å². The molecule has 202 valence electrons. The fraction of sp³-hybridized carbons (Fsp3) is 0.115. The van der Waals surface area contributed by atoms with E-state index < -0.39 is 59.2 Å². The van der Waals surface area contributed by atoms with Gasteiger partial charge >= 0.3 is 18.4 Å². The number of imide groups is 1. The lowest BCUT2D eigenvalue weighted by Gasteiger charge is -2.16. The summed E-state index contributed by atoms with van der Waals surface area (Å²) in [7, 11) is 0. The van der Waals surface area contributed by atoms with Crippen LogP contribution in [0.25, 0.3) is 0 Å². The molecule has 2 N–H and O–H groups in total. The molecule has 3 amide bonds. The van der Waals surface area contributed by atoms with Crippen LogP contribution in [-0.4, -0.2) is 18.5 Å². The fourth-order valence-corrected chi connectivity index (χ4v) is 3.01. The molecule has 7 nitrogen and oxygen atoms in total. The normalized spacial score (nSPS) is 12.0. The number of ether oxygens (including phenoxy) is 2. The van der Waals surface area contributed by atoms with Crippen molar-refractivity contribution in [3.8, 4) is 17.6 Å². The van der Waals surface area contributed by atoms with E-state index in [-0.39, 0.29) is 11.3 Å². The minimum absolute atomic E-state index is 0.110. The average Bonchev–Trinajstić information content (AvgIpc) is 2.89. The second kappa shape index (κ2) is 12.0. The van der Waals surface area contributed by atoms with Gasteiger partial charge < -0.3 is 14.8 Å². The standard InChI is InChI=1S/C26H17F6N3O4/c27-25(28,29)17-8-4-10-19(12-17)38-15-21(34-24(37)35-23(36)16-6-2-1-3-7-16)22(14-33)39-20-11-5-9-18(13-20)26(30,31)32/h1-13H,15H2,(H2,34,35,36,37)/b22-21-. The van der Waals surface area contributed by atoms with Crippen molar-refractivity contribution in [1.82, 2.24) is 10.6 Å². The maximum Gasteiger partial charge on any atom is 0.416 e. The largest absolute Gasteiger partial charge is 0.487 e. The van der Waals surface area contributed by atoms with Crippen LogP contribution in [0.4, 0.5) is 31.1 Å². The molecule has 0 saturated carbocycles. The lowest BCUT2D eigenvalue weighted by Crippen LogP contribution is -2.40. The zero-order chi connectivity index (χ0) is 28.6.